The van der Waals surface area contributed by atoms with Crippen molar-refractivity contribution in [1.82, 2.24) is 9.55 Å². The number of nitrogen functional groups attached to an aromatic ring is 1. The topological polar surface area (TPSA) is 181 Å². The summed E-state index contributed by atoms with van der Waals surface area (Å²) in [5, 5.41) is 19.8. The molecular weight excluding hydrogens is 341 g/mol. The van der Waals surface area contributed by atoms with Gasteiger partial charge in [-0.2, -0.15) is 4.98 Å². The van der Waals surface area contributed by atoms with Crippen LogP contribution in [0.15, 0.2) is 17.1 Å². The first-order chi connectivity index (χ1) is 10.2. The van der Waals surface area contributed by atoms with Gasteiger partial charge in [-0.1, -0.05) is 0 Å². The summed E-state index contributed by atoms with van der Waals surface area (Å²) >= 11 is -0.477. The van der Waals surface area contributed by atoms with Crippen LogP contribution in [0.2, 0.25) is 0 Å². The van der Waals surface area contributed by atoms with E-state index in [2.05, 4.69) is 4.98 Å². The van der Waals surface area contributed by atoms with E-state index in [4.69, 9.17) is 29.3 Å². The lowest BCUT2D eigenvalue weighted by Gasteiger charge is -2.16. The number of aliphatic hydroxyl groups is 2. The summed E-state index contributed by atoms with van der Waals surface area (Å²) < 4.78 is 11.1. The molecule has 126 valence electrons. The Morgan fingerprint density at radius 2 is 2.09 bits per heavy atom. The number of thiol groups is 1. The Morgan fingerprint density at radius 3 is 2.68 bits per heavy atom. The zero-order valence-corrected chi connectivity index (χ0v) is 12.8. The quantitative estimate of drug-likeness (QED) is 0.215. The number of hydrogen-bond acceptors (Lipinski definition) is 7. The Kier molecular flexibility index (Phi) is 5.37. The fourth-order valence-corrected chi connectivity index (χ4v) is 2.93. The molecule has 13 heteroatoms. The number of nitrogens with zero attached hydrogens (tertiary/aromatic N) is 2. The van der Waals surface area contributed by atoms with Crippen LogP contribution in [0, 0.1) is 0 Å². The molecule has 1 aromatic rings. The van der Waals surface area contributed by atoms with Gasteiger partial charge in [-0.05, 0) is 17.3 Å². The zero-order valence-electron chi connectivity index (χ0n) is 11.0. The fraction of sp³-hybridized carbons (Fsp3) is 0.556. The van der Waals surface area contributed by atoms with E-state index in [1.807, 2.05) is 0 Å². The largest absolute Gasteiger partial charge is 0.387 e. The van der Waals surface area contributed by atoms with Crippen LogP contribution in [-0.2, 0) is 20.1 Å². The average Bonchev–Trinajstić information content (AvgIpc) is 2.66. The van der Waals surface area contributed by atoms with E-state index in [0.717, 1.165) is 4.57 Å². The minimum atomic E-state index is -4.12. The van der Waals surface area contributed by atoms with E-state index in [-0.39, 0.29) is 12.4 Å². The third-order valence-corrected chi connectivity index (χ3v) is 4.36. The molecular formula is C9H16N3O8PS. The molecule has 1 aliphatic rings. The van der Waals surface area contributed by atoms with Gasteiger partial charge < -0.3 is 39.5 Å². The lowest BCUT2D eigenvalue weighted by molar-refractivity contribution is -0.0495. The summed E-state index contributed by atoms with van der Waals surface area (Å²) in [5.74, 6) is 0.00196. The van der Waals surface area contributed by atoms with Crippen molar-refractivity contribution in [2.24, 2.45) is 0 Å². The third kappa shape index (κ3) is 4.13. The molecule has 0 saturated carbocycles. The first kappa shape index (κ1) is 17.5. The molecule has 2 heterocycles. The highest BCUT2D eigenvalue weighted by Crippen LogP contribution is 2.32. The van der Waals surface area contributed by atoms with Crippen molar-refractivity contribution in [2.45, 2.75) is 24.5 Å². The van der Waals surface area contributed by atoms with Gasteiger partial charge >= 0.3 is 5.69 Å². The molecule has 0 bridgehead atoms. The van der Waals surface area contributed by atoms with Gasteiger partial charge in [0.2, 0.25) is 0 Å². The first-order valence-corrected chi connectivity index (χ1v) is 9.13. The van der Waals surface area contributed by atoms with Crippen LogP contribution in [0.3, 0.4) is 0 Å². The molecule has 7 N–H and O–H groups in total. The Morgan fingerprint density at radius 1 is 1.41 bits per heavy atom. The normalized spacial score (nSPS) is 29.0. The summed E-state index contributed by atoms with van der Waals surface area (Å²) in [6.07, 6.45) is -3.78. The minimum absolute atomic E-state index is 0.00196. The summed E-state index contributed by atoms with van der Waals surface area (Å²) in [6, 6.07) is 1.33. The number of ether oxygens (including phenoxy) is 1. The number of aliphatic hydroxyl groups excluding tert-OH is 2. The van der Waals surface area contributed by atoms with Crippen molar-refractivity contribution in [2.75, 3.05) is 12.3 Å². The van der Waals surface area contributed by atoms with Crippen LogP contribution in [-0.4, -0.2) is 59.4 Å². The number of hydrogen-bond donors (Lipinski definition) is 7. The predicted molar refractivity (Wildman–Crippen MR) is 77.1 cm³/mol. The Hall–Kier alpha value is -0.820. The SMILES string of the molecule is Nc1ccn([C@H]2O[C@@H](CO[SH]=P(O)(O)O)[C@@H](O)[C@H]2O)c(=O)n1. The van der Waals surface area contributed by atoms with Crippen LogP contribution in [0.4, 0.5) is 5.82 Å². The van der Waals surface area contributed by atoms with Gasteiger partial charge in [0.25, 0.3) is 6.72 Å². The van der Waals surface area contributed by atoms with E-state index < -0.39 is 48.2 Å². The Labute approximate surface area is 127 Å². The molecule has 1 aliphatic heterocycles. The van der Waals surface area contributed by atoms with Gasteiger partial charge in [0.15, 0.2) is 6.23 Å². The summed E-state index contributed by atoms with van der Waals surface area (Å²) in [4.78, 5) is 41.5. The molecule has 1 fully saturated rings. The summed E-state index contributed by atoms with van der Waals surface area (Å²) in [7, 11) is 0. The van der Waals surface area contributed by atoms with Crippen molar-refractivity contribution in [3.63, 3.8) is 0 Å². The summed E-state index contributed by atoms with van der Waals surface area (Å²) in [6.45, 7) is -4.46. The van der Waals surface area contributed by atoms with E-state index in [0.29, 0.717) is 0 Å². The van der Waals surface area contributed by atoms with Crippen molar-refractivity contribution < 1.29 is 33.8 Å². The van der Waals surface area contributed by atoms with Crippen LogP contribution in [0.25, 0.3) is 0 Å². The van der Waals surface area contributed by atoms with Gasteiger partial charge in [-0.15, -0.1) is 0 Å². The molecule has 22 heavy (non-hydrogen) atoms. The van der Waals surface area contributed by atoms with Gasteiger partial charge in [-0.25, -0.2) is 4.79 Å². The van der Waals surface area contributed by atoms with Crippen molar-refractivity contribution in [1.29, 1.82) is 0 Å². The maximum Gasteiger partial charge on any atom is 0.351 e. The van der Waals surface area contributed by atoms with Crippen molar-refractivity contribution in [3.8, 4) is 0 Å². The molecule has 4 atom stereocenters. The van der Waals surface area contributed by atoms with Gasteiger partial charge in [-0.3, -0.25) is 4.57 Å². The molecule has 0 aromatic carbocycles. The highest BCUT2D eigenvalue weighted by Gasteiger charge is 2.44. The second kappa shape index (κ2) is 6.74. The molecule has 2 rings (SSSR count). The molecule has 0 aliphatic carbocycles. The molecule has 0 spiro atoms. The van der Waals surface area contributed by atoms with Crippen LogP contribution in [0.1, 0.15) is 6.23 Å². The number of rotatable bonds is 4. The molecule has 1 aromatic heterocycles. The monoisotopic (exact) mass is 357 g/mol. The smallest absolute Gasteiger partial charge is 0.351 e. The lowest BCUT2D eigenvalue weighted by atomic mass is 10.1. The lowest BCUT2D eigenvalue weighted by Crippen LogP contribution is -2.36. The van der Waals surface area contributed by atoms with Gasteiger partial charge in [0.05, 0.1) is 6.61 Å². The van der Waals surface area contributed by atoms with Gasteiger partial charge in [0, 0.05) is 6.20 Å². The highest BCUT2D eigenvalue weighted by atomic mass is 32.5. The standard InChI is InChI=1S/C9H16N3O8PS/c10-5-1-2-12(9(15)11-5)8-7(14)6(13)4(20-8)3-19-22-21(16,17)18/h1-2,4,6-8,13-14,16-18,22H,3H2,(H2,10,11,15)/t4-,6+,7+,8-/m0/s1. The number of nitrogens with two attached hydrogens (primary N) is 1. The second-order valence-electron chi connectivity index (χ2n) is 4.50. The number of anilines is 1. The maximum absolute atomic E-state index is 11.7. The Bertz CT molecular complexity index is 640. The van der Waals surface area contributed by atoms with Crippen LogP contribution in [0.5, 0.6) is 0 Å². The third-order valence-electron chi connectivity index (χ3n) is 2.87. The van der Waals surface area contributed by atoms with Gasteiger partial charge in [0.1, 0.15) is 24.1 Å². The second-order valence-corrected chi connectivity index (χ2v) is 8.10. The van der Waals surface area contributed by atoms with E-state index in [1.54, 1.807) is 0 Å². The minimum Gasteiger partial charge on any atom is -0.387 e. The van der Waals surface area contributed by atoms with E-state index in [1.165, 1.54) is 12.3 Å². The first-order valence-electron chi connectivity index (χ1n) is 5.97. The fourth-order valence-electron chi connectivity index (χ4n) is 1.90. The molecule has 1 saturated heterocycles. The molecule has 0 amide bonds. The average molecular weight is 357 g/mol. The number of aromatic nitrogens is 2. The summed E-state index contributed by atoms with van der Waals surface area (Å²) in [5.41, 5.74) is 4.59. The van der Waals surface area contributed by atoms with Crippen LogP contribution < -0.4 is 11.4 Å². The zero-order chi connectivity index (χ0) is 16.5. The van der Waals surface area contributed by atoms with E-state index >= 15 is 0 Å². The molecule has 11 nitrogen and oxygen atoms in total. The Balaban J connectivity index is 2.11. The van der Waals surface area contributed by atoms with Crippen LogP contribution >= 0.6 is 6.72 Å². The van der Waals surface area contributed by atoms with Crippen molar-refractivity contribution >= 4 is 23.8 Å². The molecule has 0 radical (unpaired) electrons. The van der Waals surface area contributed by atoms with Crippen molar-refractivity contribution in [3.05, 3.63) is 22.7 Å². The van der Waals surface area contributed by atoms with E-state index in [9.17, 15) is 15.0 Å². The predicted octanol–water partition coefficient (Wildman–Crippen LogP) is -3.15. The molecule has 0 unspecified atom stereocenters. The maximum atomic E-state index is 11.7. The highest BCUT2D eigenvalue weighted by molar-refractivity contribution is 8.13.